The summed E-state index contributed by atoms with van der Waals surface area (Å²) in [5.41, 5.74) is 2.33. The number of morpholine rings is 1. The molecule has 1 amide bonds. The number of aromatic nitrogens is 2. The molecule has 2 aromatic rings. The highest BCUT2D eigenvalue weighted by Gasteiger charge is 2.23. The fourth-order valence-corrected chi connectivity index (χ4v) is 3.53. The third kappa shape index (κ3) is 4.66. The van der Waals surface area contributed by atoms with Gasteiger partial charge in [0.25, 0.3) is 0 Å². The largest absolute Gasteiger partial charge is 0.374 e. The van der Waals surface area contributed by atoms with Crippen molar-refractivity contribution < 1.29 is 9.53 Å². The smallest absolute Gasteiger partial charge is 0.236 e. The van der Waals surface area contributed by atoms with E-state index in [4.69, 9.17) is 4.74 Å². The molecule has 1 aliphatic rings. The van der Waals surface area contributed by atoms with Crippen LogP contribution in [0.2, 0.25) is 0 Å². The zero-order valence-corrected chi connectivity index (χ0v) is 15.0. The molecule has 0 spiro atoms. The van der Waals surface area contributed by atoms with Crippen molar-refractivity contribution in [3.8, 4) is 0 Å². The second-order valence-electron chi connectivity index (χ2n) is 6.35. The van der Waals surface area contributed by atoms with Crippen LogP contribution in [-0.2, 0) is 22.6 Å². The maximum Gasteiger partial charge on any atom is 0.236 e. The molecule has 1 saturated heterocycles. The highest BCUT2D eigenvalue weighted by atomic mass is 32.1. The second-order valence-corrected chi connectivity index (χ2v) is 7.13. The van der Waals surface area contributed by atoms with Gasteiger partial charge >= 0.3 is 0 Å². The Morgan fingerprint density at radius 2 is 2.42 bits per heavy atom. The molecule has 0 aromatic carbocycles. The number of likely N-dealkylation sites (N-methyl/N-ethyl adjacent to an activating group) is 1. The number of aryl methyl sites for hydroxylation is 1. The molecule has 1 unspecified atom stereocenters. The fourth-order valence-electron chi connectivity index (χ4n) is 2.87. The Hall–Kier alpha value is -1.70. The SMILES string of the molecule is Cc1cnn(CC2CN(CC(=O)N(C)Cc3ccsc3)CCO2)c1. The zero-order valence-electron chi connectivity index (χ0n) is 14.2. The van der Waals surface area contributed by atoms with Crippen molar-refractivity contribution in [3.63, 3.8) is 0 Å². The minimum Gasteiger partial charge on any atom is -0.374 e. The van der Waals surface area contributed by atoms with Gasteiger partial charge < -0.3 is 9.64 Å². The minimum atomic E-state index is 0.0769. The number of hydrogen-bond donors (Lipinski definition) is 0. The van der Waals surface area contributed by atoms with Crippen molar-refractivity contribution in [2.75, 3.05) is 33.3 Å². The number of amides is 1. The van der Waals surface area contributed by atoms with E-state index in [0.717, 1.165) is 25.2 Å². The van der Waals surface area contributed by atoms with E-state index < -0.39 is 0 Å². The third-order valence-corrected chi connectivity index (χ3v) is 4.89. The molecule has 0 bridgehead atoms. The molecular weight excluding hydrogens is 324 g/mol. The summed E-state index contributed by atoms with van der Waals surface area (Å²) in [6.45, 7) is 6.08. The first-order valence-electron chi connectivity index (χ1n) is 8.18. The number of rotatable bonds is 6. The van der Waals surface area contributed by atoms with Crippen molar-refractivity contribution in [2.45, 2.75) is 26.1 Å². The number of carbonyl (C=O) groups is 1. The number of thiophene rings is 1. The van der Waals surface area contributed by atoms with Gasteiger partial charge in [-0.15, -0.1) is 0 Å². The summed E-state index contributed by atoms with van der Waals surface area (Å²) in [4.78, 5) is 16.4. The van der Waals surface area contributed by atoms with Gasteiger partial charge in [0, 0.05) is 32.9 Å². The topological polar surface area (TPSA) is 50.6 Å². The third-order valence-electron chi connectivity index (χ3n) is 4.16. The summed E-state index contributed by atoms with van der Waals surface area (Å²) in [6.07, 6.45) is 3.94. The van der Waals surface area contributed by atoms with Crippen LogP contribution in [0.1, 0.15) is 11.1 Å². The van der Waals surface area contributed by atoms with E-state index in [1.807, 2.05) is 36.4 Å². The highest BCUT2D eigenvalue weighted by molar-refractivity contribution is 7.07. The molecule has 1 atom stereocenters. The van der Waals surface area contributed by atoms with Gasteiger partial charge in [-0.05, 0) is 34.9 Å². The summed E-state index contributed by atoms with van der Waals surface area (Å²) in [5.74, 6) is 0.150. The Morgan fingerprint density at radius 3 is 3.12 bits per heavy atom. The molecule has 3 heterocycles. The van der Waals surface area contributed by atoms with Crippen LogP contribution in [-0.4, -0.2) is 64.9 Å². The quantitative estimate of drug-likeness (QED) is 0.796. The van der Waals surface area contributed by atoms with Gasteiger partial charge in [-0.3, -0.25) is 14.4 Å². The molecule has 7 heteroatoms. The van der Waals surface area contributed by atoms with Crippen LogP contribution < -0.4 is 0 Å². The second kappa shape index (κ2) is 7.92. The van der Waals surface area contributed by atoms with Crippen molar-refractivity contribution in [1.82, 2.24) is 19.6 Å². The highest BCUT2D eigenvalue weighted by Crippen LogP contribution is 2.11. The average Bonchev–Trinajstić information content (AvgIpc) is 3.19. The van der Waals surface area contributed by atoms with Gasteiger partial charge in [0.05, 0.1) is 32.0 Å². The van der Waals surface area contributed by atoms with Gasteiger partial charge in [0.1, 0.15) is 0 Å². The van der Waals surface area contributed by atoms with Crippen molar-refractivity contribution >= 4 is 17.2 Å². The van der Waals surface area contributed by atoms with Crippen LogP contribution in [0.4, 0.5) is 0 Å². The molecule has 1 aliphatic heterocycles. The number of hydrogen-bond acceptors (Lipinski definition) is 5. The first-order chi connectivity index (χ1) is 11.6. The predicted octanol–water partition coefficient (Wildman–Crippen LogP) is 1.61. The van der Waals surface area contributed by atoms with Crippen molar-refractivity contribution in [2.24, 2.45) is 0 Å². The van der Waals surface area contributed by atoms with Gasteiger partial charge in [-0.1, -0.05) is 0 Å². The first-order valence-corrected chi connectivity index (χ1v) is 9.12. The lowest BCUT2D eigenvalue weighted by atomic mass is 10.2. The Morgan fingerprint density at radius 1 is 1.54 bits per heavy atom. The van der Waals surface area contributed by atoms with Crippen molar-refractivity contribution in [1.29, 1.82) is 0 Å². The van der Waals surface area contributed by atoms with E-state index in [9.17, 15) is 4.79 Å². The van der Waals surface area contributed by atoms with E-state index in [-0.39, 0.29) is 12.0 Å². The van der Waals surface area contributed by atoms with Gasteiger partial charge in [-0.2, -0.15) is 16.4 Å². The van der Waals surface area contributed by atoms with Crippen LogP contribution in [0.15, 0.2) is 29.2 Å². The van der Waals surface area contributed by atoms with E-state index in [1.54, 1.807) is 16.2 Å². The standard InChI is InChI=1S/C17H24N4O2S/c1-14-7-18-21(8-14)11-16-10-20(4-5-23-16)12-17(22)19(2)9-15-3-6-24-13-15/h3,6-8,13,16H,4-5,9-12H2,1-2H3. The van der Waals surface area contributed by atoms with Crippen LogP contribution >= 0.6 is 11.3 Å². The predicted molar refractivity (Wildman–Crippen MR) is 93.9 cm³/mol. The van der Waals surface area contributed by atoms with Crippen molar-refractivity contribution in [3.05, 3.63) is 40.3 Å². The first kappa shape index (κ1) is 17.1. The molecule has 24 heavy (non-hydrogen) atoms. The molecule has 2 aromatic heterocycles. The average molecular weight is 348 g/mol. The lowest BCUT2D eigenvalue weighted by Gasteiger charge is -2.33. The molecule has 130 valence electrons. The van der Waals surface area contributed by atoms with Gasteiger partial charge in [0.15, 0.2) is 0 Å². The lowest BCUT2D eigenvalue weighted by molar-refractivity contribution is -0.133. The normalized spacial score (nSPS) is 18.7. The summed E-state index contributed by atoms with van der Waals surface area (Å²) in [7, 11) is 1.87. The van der Waals surface area contributed by atoms with E-state index in [1.165, 1.54) is 5.56 Å². The summed E-state index contributed by atoms with van der Waals surface area (Å²) < 4.78 is 7.73. The van der Waals surface area contributed by atoms with Gasteiger partial charge in [-0.25, -0.2) is 0 Å². The van der Waals surface area contributed by atoms with Crippen LogP contribution in [0.3, 0.4) is 0 Å². The lowest BCUT2D eigenvalue weighted by Crippen LogP contribution is -2.48. The molecule has 0 radical (unpaired) electrons. The maximum atomic E-state index is 12.4. The van der Waals surface area contributed by atoms with E-state index in [2.05, 4.69) is 21.4 Å². The molecule has 3 rings (SSSR count). The minimum absolute atomic E-state index is 0.0769. The van der Waals surface area contributed by atoms with E-state index in [0.29, 0.717) is 19.7 Å². The fraction of sp³-hybridized carbons (Fsp3) is 0.529. The molecule has 0 aliphatic carbocycles. The summed E-state index contributed by atoms with van der Waals surface area (Å²) >= 11 is 1.66. The Labute approximate surface area is 146 Å². The van der Waals surface area contributed by atoms with Crippen LogP contribution in [0.25, 0.3) is 0 Å². The number of nitrogens with zero attached hydrogens (tertiary/aromatic N) is 4. The maximum absolute atomic E-state index is 12.4. The Kier molecular flexibility index (Phi) is 5.65. The molecular formula is C17H24N4O2S. The molecule has 0 N–H and O–H groups in total. The van der Waals surface area contributed by atoms with Crippen LogP contribution in [0, 0.1) is 6.92 Å². The van der Waals surface area contributed by atoms with Gasteiger partial charge in [0.2, 0.25) is 5.91 Å². The summed E-state index contributed by atoms with van der Waals surface area (Å²) in [5, 5.41) is 8.43. The Balaban J connectivity index is 1.48. The summed E-state index contributed by atoms with van der Waals surface area (Å²) in [6, 6.07) is 2.06. The monoisotopic (exact) mass is 348 g/mol. The van der Waals surface area contributed by atoms with Crippen LogP contribution in [0.5, 0.6) is 0 Å². The number of carbonyl (C=O) groups excluding carboxylic acids is 1. The van der Waals surface area contributed by atoms with E-state index >= 15 is 0 Å². The molecule has 0 saturated carbocycles. The zero-order chi connectivity index (χ0) is 16.9. The molecule has 6 nitrogen and oxygen atoms in total. The Bertz CT molecular complexity index is 655. The molecule has 1 fully saturated rings. The number of ether oxygens (including phenoxy) is 1.